The van der Waals surface area contributed by atoms with Crippen molar-refractivity contribution >= 4 is 23.1 Å². The molecule has 84 valence electrons. The first-order valence-electron chi connectivity index (χ1n) is 4.79. The van der Waals surface area contributed by atoms with Crippen LogP contribution in [-0.2, 0) is 6.42 Å². The predicted molar refractivity (Wildman–Crippen MR) is 64.1 cm³/mol. The molecular formula is C9H12N6S. The van der Waals surface area contributed by atoms with Crippen LogP contribution in [0.1, 0.15) is 5.69 Å². The molecule has 0 saturated carbocycles. The normalized spacial score (nSPS) is 10.1. The second-order valence-electron chi connectivity index (χ2n) is 3.07. The predicted octanol–water partition coefficient (Wildman–Crippen LogP) is 0.873. The minimum atomic E-state index is 0.402. The van der Waals surface area contributed by atoms with E-state index in [1.165, 1.54) is 0 Å². The fourth-order valence-corrected chi connectivity index (χ4v) is 1.80. The van der Waals surface area contributed by atoms with Crippen molar-refractivity contribution in [2.75, 3.05) is 17.3 Å². The molecule has 0 aliphatic heterocycles. The van der Waals surface area contributed by atoms with Crippen molar-refractivity contribution in [3.63, 3.8) is 0 Å². The third-order valence-corrected chi connectivity index (χ3v) is 2.59. The van der Waals surface area contributed by atoms with Gasteiger partial charge in [-0.3, -0.25) is 5.43 Å². The second-order valence-corrected chi connectivity index (χ2v) is 3.79. The first-order valence-corrected chi connectivity index (χ1v) is 5.73. The van der Waals surface area contributed by atoms with Gasteiger partial charge in [0.25, 0.3) is 0 Å². The van der Waals surface area contributed by atoms with Crippen LogP contribution in [0.4, 0.5) is 11.8 Å². The van der Waals surface area contributed by atoms with E-state index in [1.54, 1.807) is 23.6 Å². The van der Waals surface area contributed by atoms with Crippen molar-refractivity contribution in [1.82, 2.24) is 15.0 Å². The number of hydrogen-bond donors (Lipinski definition) is 3. The van der Waals surface area contributed by atoms with Crippen molar-refractivity contribution in [3.8, 4) is 0 Å². The molecule has 0 spiro atoms. The lowest BCUT2D eigenvalue weighted by Gasteiger charge is -2.05. The van der Waals surface area contributed by atoms with Gasteiger partial charge in [-0.1, -0.05) is 0 Å². The first kappa shape index (κ1) is 10.8. The zero-order valence-electron chi connectivity index (χ0n) is 8.55. The molecule has 0 amide bonds. The lowest BCUT2D eigenvalue weighted by atomic mass is 10.3. The Bertz CT molecular complexity index is 429. The number of anilines is 2. The Hall–Kier alpha value is -1.73. The Morgan fingerprint density at radius 1 is 1.38 bits per heavy atom. The van der Waals surface area contributed by atoms with Gasteiger partial charge in [-0.2, -0.15) is 4.98 Å². The number of thiazole rings is 1. The monoisotopic (exact) mass is 236 g/mol. The molecule has 2 rings (SSSR count). The number of hydrogen-bond acceptors (Lipinski definition) is 7. The summed E-state index contributed by atoms with van der Waals surface area (Å²) < 4.78 is 0. The fraction of sp³-hybridized carbons (Fsp3) is 0.222. The van der Waals surface area contributed by atoms with Crippen LogP contribution in [0.15, 0.2) is 23.2 Å². The van der Waals surface area contributed by atoms with E-state index in [9.17, 15) is 0 Å². The Labute approximate surface area is 96.9 Å². The largest absolute Gasteiger partial charge is 0.370 e. The zero-order valence-corrected chi connectivity index (χ0v) is 9.37. The van der Waals surface area contributed by atoms with Gasteiger partial charge in [-0.15, -0.1) is 11.3 Å². The molecular weight excluding hydrogens is 224 g/mol. The molecule has 2 heterocycles. The maximum Gasteiger partial charge on any atom is 0.239 e. The number of nitrogens with zero attached hydrogens (tertiary/aromatic N) is 3. The highest BCUT2D eigenvalue weighted by atomic mass is 32.1. The topological polar surface area (TPSA) is 88.8 Å². The molecule has 7 heteroatoms. The first-order chi connectivity index (χ1) is 7.88. The molecule has 0 aliphatic rings. The smallest absolute Gasteiger partial charge is 0.239 e. The van der Waals surface area contributed by atoms with Gasteiger partial charge in [0, 0.05) is 24.5 Å². The maximum atomic E-state index is 5.21. The molecule has 2 aromatic heterocycles. The number of nitrogens with one attached hydrogen (secondary N) is 2. The van der Waals surface area contributed by atoms with E-state index in [4.69, 9.17) is 5.84 Å². The average molecular weight is 236 g/mol. The van der Waals surface area contributed by atoms with E-state index in [2.05, 4.69) is 25.7 Å². The molecule has 2 aromatic rings. The minimum Gasteiger partial charge on any atom is -0.370 e. The molecule has 0 saturated heterocycles. The molecule has 16 heavy (non-hydrogen) atoms. The third-order valence-electron chi connectivity index (χ3n) is 1.96. The maximum absolute atomic E-state index is 5.21. The molecule has 0 fully saturated rings. The standard InChI is InChI=1S/C9H12N6S/c10-15-9-12-4-2-8(14-9)11-3-1-7-5-16-6-13-7/h2,4-6H,1,3,10H2,(H2,11,12,14,15). The van der Waals surface area contributed by atoms with Crippen LogP contribution < -0.4 is 16.6 Å². The fourth-order valence-electron chi connectivity index (χ4n) is 1.21. The summed E-state index contributed by atoms with van der Waals surface area (Å²) in [6, 6.07) is 1.79. The Balaban J connectivity index is 1.85. The van der Waals surface area contributed by atoms with Crippen LogP contribution in [0.5, 0.6) is 0 Å². The minimum absolute atomic E-state index is 0.402. The van der Waals surface area contributed by atoms with Gasteiger partial charge in [-0.05, 0) is 6.07 Å². The summed E-state index contributed by atoms with van der Waals surface area (Å²) >= 11 is 1.60. The van der Waals surface area contributed by atoms with Gasteiger partial charge < -0.3 is 5.32 Å². The van der Waals surface area contributed by atoms with Gasteiger partial charge in [0.2, 0.25) is 5.95 Å². The lowest BCUT2D eigenvalue weighted by molar-refractivity contribution is 0.963. The summed E-state index contributed by atoms with van der Waals surface area (Å²) in [5.41, 5.74) is 5.32. The van der Waals surface area contributed by atoms with Crippen LogP contribution in [0.2, 0.25) is 0 Å². The Kier molecular flexibility index (Phi) is 3.62. The molecule has 0 atom stereocenters. The molecule has 4 N–H and O–H groups in total. The number of rotatable bonds is 5. The quantitative estimate of drug-likeness (QED) is 0.527. The van der Waals surface area contributed by atoms with Gasteiger partial charge >= 0.3 is 0 Å². The summed E-state index contributed by atoms with van der Waals surface area (Å²) in [6.07, 6.45) is 2.52. The number of hydrazine groups is 1. The lowest BCUT2D eigenvalue weighted by Crippen LogP contribution is -2.12. The van der Waals surface area contributed by atoms with Crippen LogP contribution >= 0.6 is 11.3 Å². The summed E-state index contributed by atoms with van der Waals surface area (Å²) in [6.45, 7) is 0.782. The van der Waals surface area contributed by atoms with Gasteiger partial charge in [0.1, 0.15) is 5.82 Å². The van der Waals surface area contributed by atoms with Crippen LogP contribution in [0.25, 0.3) is 0 Å². The van der Waals surface area contributed by atoms with Gasteiger partial charge in [-0.25, -0.2) is 15.8 Å². The van der Waals surface area contributed by atoms with Gasteiger partial charge in [0.15, 0.2) is 0 Å². The van der Waals surface area contributed by atoms with E-state index >= 15 is 0 Å². The Morgan fingerprint density at radius 3 is 3.06 bits per heavy atom. The summed E-state index contributed by atoms with van der Waals surface area (Å²) in [4.78, 5) is 12.2. The number of nitrogens with two attached hydrogens (primary N) is 1. The second kappa shape index (κ2) is 5.38. The zero-order chi connectivity index (χ0) is 11.2. The van der Waals surface area contributed by atoms with Crippen molar-refractivity contribution in [2.45, 2.75) is 6.42 Å². The molecule has 0 radical (unpaired) electrons. The van der Waals surface area contributed by atoms with Crippen LogP contribution in [-0.4, -0.2) is 21.5 Å². The van der Waals surface area contributed by atoms with Crippen molar-refractivity contribution in [1.29, 1.82) is 0 Å². The molecule has 0 aliphatic carbocycles. The van der Waals surface area contributed by atoms with Crippen molar-refractivity contribution < 1.29 is 0 Å². The molecule has 0 unspecified atom stereocenters. The highest BCUT2D eigenvalue weighted by Crippen LogP contribution is 2.05. The van der Waals surface area contributed by atoms with E-state index in [-0.39, 0.29) is 0 Å². The highest BCUT2D eigenvalue weighted by Gasteiger charge is 1.98. The van der Waals surface area contributed by atoms with Crippen molar-refractivity contribution in [3.05, 3.63) is 28.8 Å². The van der Waals surface area contributed by atoms with E-state index in [0.717, 1.165) is 24.5 Å². The molecule has 0 aromatic carbocycles. The van der Waals surface area contributed by atoms with Crippen molar-refractivity contribution in [2.24, 2.45) is 5.84 Å². The van der Waals surface area contributed by atoms with E-state index < -0.39 is 0 Å². The number of nitrogen functional groups attached to an aromatic ring is 1. The van der Waals surface area contributed by atoms with Crippen LogP contribution in [0.3, 0.4) is 0 Å². The van der Waals surface area contributed by atoms with E-state index in [1.807, 2.05) is 10.9 Å². The van der Waals surface area contributed by atoms with Gasteiger partial charge in [0.05, 0.1) is 11.2 Å². The number of aromatic nitrogens is 3. The Morgan fingerprint density at radius 2 is 2.31 bits per heavy atom. The summed E-state index contributed by atoms with van der Waals surface area (Å²) in [7, 11) is 0. The summed E-state index contributed by atoms with van der Waals surface area (Å²) in [5, 5.41) is 5.21. The van der Waals surface area contributed by atoms with E-state index in [0.29, 0.717) is 5.95 Å². The average Bonchev–Trinajstić information content (AvgIpc) is 2.82. The third kappa shape index (κ3) is 2.88. The molecule has 0 bridgehead atoms. The highest BCUT2D eigenvalue weighted by molar-refractivity contribution is 7.07. The van der Waals surface area contributed by atoms with Crippen LogP contribution in [0, 0.1) is 0 Å². The SMILES string of the molecule is NNc1nccc(NCCc2cscn2)n1. The summed E-state index contributed by atoms with van der Waals surface area (Å²) in [5.74, 6) is 6.36. The molecule has 6 nitrogen and oxygen atoms in total.